The molecule has 0 spiro atoms. The van der Waals surface area contributed by atoms with Crippen LogP contribution in [0.25, 0.3) is 0 Å². The Hall–Kier alpha value is -9.71. The third-order valence-corrected chi connectivity index (χ3v) is 14.8. The highest BCUT2D eigenvalue weighted by atomic mass is 79.9. The number of aryl methyl sites for hydroxylation is 4. The topological polar surface area (TPSA) is 445 Å². The molecule has 0 aliphatic rings. The van der Waals surface area contributed by atoms with Gasteiger partial charge in [0.1, 0.15) is 11.4 Å². The molecule has 0 radical (unpaired) electrons. The van der Waals surface area contributed by atoms with Gasteiger partial charge in [0.2, 0.25) is 29.5 Å². The number of carbonyl (C=O) groups excluding carboxylic acids is 7. The molecule has 0 bridgehead atoms. The maximum atomic E-state index is 12.3. The zero-order valence-corrected chi connectivity index (χ0v) is 74.3. The average Bonchev–Trinajstić information content (AvgIpc) is 1.70. The number of alkyl halides is 14. The SMILES string of the molecule is CC(=O)Nc1ccc(N)cc1.CC(=O)Nc1ccc(N=Nc2n(CCCNC(=O)C(F)(F)F)cc[n+]2CCCNC(=O)C(F)(F)F)cc1.CC(=O)Nc1ccc(N=Nc2ncc[nH]2)cc1.CCCCBr.CCOC(=O)C(F)(F)F.Cl.Nc1ccc(N=Nc2n(CCC[NH3+])cc[n+]2CCC[NH3+])cc1.O=C(CCCCBr)C(F)(F)F.[Br-].[Cl-].[Cl-].[Cl-].c1c[nH]cn1. The van der Waals surface area contributed by atoms with Gasteiger partial charge in [0.25, 0.3) is 0 Å². The van der Waals surface area contributed by atoms with E-state index in [9.17, 15) is 86.2 Å². The zero-order chi connectivity index (χ0) is 87.8. The van der Waals surface area contributed by atoms with Crippen LogP contribution in [0.5, 0.6) is 0 Å². The Morgan fingerprint density at radius 1 is 0.516 bits per heavy atom. The monoisotopic (exact) mass is 2020 g/mol. The summed E-state index contributed by atoms with van der Waals surface area (Å²) in [4.78, 5) is 87.4. The predicted octanol–water partition coefficient (Wildman–Crippen LogP) is 2.16. The van der Waals surface area contributed by atoms with Gasteiger partial charge in [-0.25, -0.2) is 33.0 Å². The molecule has 0 atom stereocenters. The van der Waals surface area contributed by atoms with E-state index in [0.717, 1.165) is 73.0 Å². The van der Waals surface area contributed by atoms with Crippen molar-refractivity contribution in [3.63, 3.8) is 0 Å². The maximum absolute atomic E-state index is 12.3. The molecular weight excluding hydrogens is 1920 g/mol. The zero-order valence-electron chi connectivity index (χ0n) is 66.5. The number of amides is 5. The number of halogens is 19. The first-order valence-electron chi connectivity index (χ1n) is 35.6. The lowest BCUT2D eigenvalue weighted by Crippen LogP contribution is -3.00. The van der Waals surface area contributed by atoms with Crippen LogP contribution in [-0.4, -0.2) is 139 Å². The van der Waals surface area contributed by atoms with Crippen molar-refractivity contribution in [3.05, 3.63) is 153 Å². The van der Waals surface area contributed by atoms with Crippen molar-refractivity contribution >= 4 is 149 Å². The smallest absolute Gasteiger partial charge is 0.490 e. The second kappa shape index (κ2) is 67.8. The van der Waals surface area contributed by atoms with Gasteiger partial charge in [0.15, 0.2) is 0 Å². The minimum atomic E-state index is -4.99. The van der Waals surface area contributed by atoms with Gasteiger partial charge >= 0.3 is 54.4 Å². The van der Waals surface area contributed by atoms with E-state index < -0.39 is 54.7 Å². The van der Waals surface area contributed by atoms with Gasteiger partial charge in [-0.2, -0.15) is 52.7 Å². The first-order chi connectivity index (χ1) is 55.3. The van der Waals surface area contributed by atoms with Crippen LogP contribution in [0.3, 0.4) is 0 Å². The molecule has 4 aromatic carbocycles. The van der Waals surface area contributed by atoms with Crippen LogP contribution in [0.4, 0.5) is 116 Å². The second-order valence-electron chi connectivity index (χ2n) is 23.6. The Balaban J connectivity index is -0.000000462. The lowest BCUT2D eigenvalue weighted by molar-refractivity contribution is -0.686. The number of unbranched alkanes of at least 4 members (excludes halogenated alkanes) is 2. The first-order valence-corrected chi connectivity index (χ1v) is 37.9. The van der Waals surface area contributed by atoms with Crippen LogP contribution in [0.2, 0.25) is 0 Å². The van der Waals surface area contributed by atoms with E-state index in [1.165, 1.54) is 40.5 Å². The minimum Gasteiger partial charge on any atom is -1.00 e. The molecule has 5 amide bonds. The summed E-state index contributed by atoms with van der Waals surface area (Å²) in [5.41, 5.74) is 24.3. The van der Waals surface area contributed by atoms with Gasteiger partial charge in [-0.3, -0.25) is 28.8 Å². The number of aromatic nitrogens is 8. The van der Waals surface area contributed by atoms with Crippen LogP contribution in [0.15, 0.2) is 184 Å². The Morgan fingerprint density at radius 2 is 0.918 bits per heavy atom. The number of nitrogens with two attached hydrogens (primary N) is 2. The number of benzene rings is 4. The highest BCUT2D eigenvalue weighted by Crippen LogP contribution is 2.24. The number of rotatable bonds is 30. The van der Waals surface area contributed by atoms with Crippen LogP contribution in [0, 0.1) is 0 Å². The summed E-state index contributed by atoms with van der Waals surface area (Å²) in [6.45, 7) is 10.9. The summed E-state index contributed by atoms with van der Waals surface area (Å²) in [5.74, 6) is -6.76. The number of aromatic amines is 2. The largest absolute Gasteiger partial charge is 1.00 e. The van der Waals surface area contributed by atoms with Crippen LogP contribution >= 0.6 is 44.3 Å². The maximum Gasteiger partial charge on any atom is 0.490 e. The molecule has 17 N–H and O–H groups in total. The van der Waals surface area contributed by atoms with Gasteiger partial charge < -0.3 is 118 Å². The number of nitrogens with zero attached hydrogens (tertiary/aromatic N) is 12. The first kappa shape index (κ1) is 121. The molecule has 31 nitrogen and oxygen atoms in total. The van der Waals surface area contributed by atoms with Crippen molar-refractivity contribution < 1.29 is 166 Å². The third kappa shape index (κ3) is 57.6. The number of anilines is 5. The number of hydrogen-bond acceptors (Lipinski definition) is 18. The van der Waals surface area contributed by atoms with E-state index in [-0.39, 0.29) is 136 Å². The van der Waals surface area contributed by atoms with Crippen molar-refractivity contribution in [2.45, 2.75) is 143 Å². The molecule has 4 heterocycles. The number of H-pyrrole nitrogens is 2. The highest BCUT2D eigenvalue weighted by molar-refractivity contribution is 9.09. The summed E-state index contributed by atoms with van der Waals surface area (Å²) in [5, 5.41) is 38.1. The van der Waals surface area contributed by atoms with Gasteiger partial charge in [-0.05, 0) is 136 Å². The van der Waals surface area contributed by atoms with E-state index >= 15 is 0 Å². The fourth-order valence-corrected chi connectivity index (χ4v) is 9.12. The van der Waals surface area contributed by atoms with Crippen molar-refractivity contribution in [2.75, 3.05) is 70.9 Å². The number of imidazole rings is 4. The van der Waals surface area contributed by atoms with E-state index in [4.69, 9.17) is 11.5 Å². The number of nitrogens with one attached hydrogen (secondary N) is 7. The number of ether oxygens (including phenoxy) is 1. The van der Waals surface area contributed by atoms with E-state index in [1.54, 1.807) is 136 Å². The fourth-order valence-electron chi connectivity index (χ4n) is 8.16. The molecule has 0 unspecified atom stereocenters. The van der Waals surface area contributed by atoms with Crippen LogP contribution in [0.1, 0.15) is 92.4 Å². The van der Waals surface area contributed by atoms with E-state index in [2.05, 4.69) is 143 Å². The number of ketones is 1. The third-order valence-electron chi connectivity index (χ3n) is 13.7. The Morgan fingerprint density at radius 3 is 1.25 bits per heavy atom. The molecule has 0 fully saturated rings. The van der Waals surface area contributed by atoms with Crippen molar-refractivity contribution in [3.8, 4) is 0 Å². The Labute approximate surface area is 747 Å². The summed E-state index contributed by atoms with van der Waals surface area (Å²) < 4.78 is 153. The van der Waals surface area contributed by atoms with E-state index in [0.29, 0.717) is 46.9 Å². The number of azo groups is 3. The van der Waals surface area contributed by atoms with Gasteiger partial charge in [-0.15, -0.1) is 22.6 Å². The molecule has 0 saturated carbocycles. The van der Waals surface area contributed by atoms with Crippen molar-refractivity contribution in [2.24, 2.45) is 30.7 Å². The second-order valence-corrected chi connectivity index (χ2v) is 25.1. The lowest BCUT2D eigenvalue weighted by atomic mass is 10.2. The lowest BCUT2D eigenvalue weighted by Gasteiger charge is -2.07. The van der Waals surface area contributed by atoms with E-state index in [1.807, 2.05) is 24.3 Å². The van der Waals surface area contributed by atoms with Gasteiger partial charge in [-0.1, -0.05) is 55.4 Å². The fraction of sp³-hybridized carbons (Fsp3) is 0.403. The van der Waals surface area contributed by atoms with Gasteiger partial charge in [0.05, 0.1) is 82.7 Å². The summed E-state index contributed by atoms with van der Waals surface area (Å²) >= 11 is 6.37. The summed E-state index contributed by atoms with van der Waals surface area (Å²) in [7, 11) is 0. The standard InChI is InChI=1S/C21H23F6N7O3.C15H23N7.C11H11N5O.C8H10N2O.C6H8BrF3O.C4H9Br.C4H5F3O2.C3H4N2.BrH.4ClH/c1-14(35)30-15-4-6-16(7-5-15)31-32-19-33(10-2-8-28-17(36)20(22,23)24)12-13-34(19)11-3-9-29-18(37)21(25,26)27;16-7-1-9-21-11-12-22(10-2-8-17)15(21)20-19-14-5-3-13(18)4-6-14;1-8(17)14-9-2-4-10(5-3-9)15-16-11-12-6-7-13-11;1-6(11)10-8-4-2-7(9)3-5-8;7-4-2-1-3-5(11)6(8,9)10;1-2-3-4-5;1-2-9-3(8)4(5,6)7;1-2-5-3-4-1;;;;;/h4-7,12-13H,2-3,8-11H2,1H3,(H2,28,29,36,37);3-6,11-12,18H,1-2,7-10,16-17H2;2-7H,1H3,(H,12,13)(H,14,17);2-5H,9H2,1H3,(H,10,11);1-4H2;2-4H2,1H3;2H2,1H3;1-3H,(H,4,5);5*1H. The molecule has 8 aromatic rings. The minimum absolute atomic E-state index is 0. The summed E-state index contributed by atoms with van der Waals surface area (Å²) in [6.07, 6.45) is 1.46. The molecule has 122 heavy (non-hydrogen) atoms. The average molecular weight is 2020 g/mol. The van der Waals surface area contributed by atoms with Crippen LogP contribution in [-0.2, 0) is 64.5 Å². The molecule has 4 aromatic heterocycles. The number of quaternary nitrogens is 2. The number of hydrogen-bond donors (Lipinski definition) is 11. The molecule has 0 aliphatic carbocycles. The molecule has 8 rings (SSSR count). The van der Waals surface area contributed by atoms with Crippen molar-refractivity contribution in [1.82, 2.24) is 39.7 Å². The normalized spacial score (nSPS) is 10.5. The van der Waals surface area contributed by atoms with Crippen molar-refractivity contribution in [1.29, 1.82) is 0 Å². The Kier molecular flexibility index (Phi) is 67.2. The summed E-state index contributed by atoms with van der Waals surface area (Å²) in [6, 6.07) is 27.8. The number of nitrogen functional groups attached to an aromatic ring is 2. The molecule has 50 heteroatoms. The molecular formula is C72H98Br3Cl4F12N23O8. The quantitative estimate of drug-likeness (QED) is 0.00587. The Bertz CT molecular complexity index is 4140. The van der Waals surface area contributed by atoms with Crippen LogP contribution < -0.4 is 113 Å². The molecule has 682 valence electrons. The number of Topliss-reactive ketones (excluding diaryl/α,β-unsaturated/α-hetero) is 1. The molecule has 0 aliphatic heterocycles. The highest BCUT2D eigenvalue weighted by Gasteiger charge is 2.41. The molecule has 0 saturated heterocycles. The van der Waals surface area contributed by atoms with Gasteiger partial charge in [0, 0.05) is 127 Å². The predicted molar refractivity (Wildman–Crippen MR) is 426 cm³/mol. The number of carbonyl (C=O) groups is 7. The number of esters is 1.